The maximum Gasteiger partial charge on any atom is 0.145 e. The van der Waals surface area contributed by atoms with Crippen LogP contribution in [0.25, 0.3) is 21.9 Å². The third-order valence-corrected chi connectivity index (χ3v) is 3.64. The van der Waals surface area contributed by atoms with Gasteiger partial charge in [0.1, 0.15) is 11.5 Å². The first-order valence-corrected chi connectivity index (χ1v) is 6.94. The van der Waals surface area contributed by atoms with Crippen LogP contribution >= 0.6 is 0 Å². The molecule has 0 atom stereocenters. The molecule has 3 heteroatoms. The van der Waals surface area contributed by atoms with Gasteiger partial charge in [0, 0.05) is 17.3 Å². The van der Waals surface area contributed by atoms with E-state index in [-0.39, 0.29) is 0 Å². The van der Waals surface area contributed by atoms with Gasteiger partial charge in [0.15, 0.2) is 0 Å². The highest BCUT2D eigenvalue weighted by atomic mass is 15.1. The highest BCUT2D eigenvalue weighted by molar-refractivity contribution is 6.07. The second kappa shape index (κ2) is 4.65. The van der Waals surface area contributed by atoms with Gasteiger partial charge in [0.2, 0.25) is 0 Å². The molecule has 2 heterocycles. The molecule has 0 fully saturated rings. The van der Waals surface area contributed by atoms with Gasteiger partial charge in [-0.05, 0) is 26.3 Å². The summed E-state index contributed by atoms with van der Waals surface area (Å²) in [4.78, 5) is 9.20. The first-order valence-electron chi connectivity index (χ1n) is 6.94. The summed E-state index contributed by atoms with van der Waals surface area (Å²) in [5.74, 6) is 0.852. The minimum Gasteiger partial charge on any atom is -0.325 e. The summed E-state index contributed by atoms with van der Waals surface area (Å²) in [5, 5.41) is 2.48. The summed E-state index contributed by atoms with van der Waals surface area (Å²) in [6, 6.07) is 8.54. The van der Waals surface area contributed by atoms with Crippen LogP contribution in [0.15, 0.2) is 24.3 Å². The Balaban J connectivity index is 2.41. The Morgan fingerprint density at radius 3 is 2.68 bits per heavy atom. The van der Waals surface area contributed by atoms with Crippen molar-refractivity contribution in [3.63, 3.8) is 0 Å². The molecule has 0 aliphatic rings. The number of nitrogens with zero attached hydrogens (tertiary/aromatic N) is 3. The third-order valence-electron chi connectivity index (χ3n) is 3.64. The molecule has 98 valence electrons. The van der Waals surface area contributed by atoms with E-state index < -0.39 is 0 Å². The molecule has 0 bridgehead atoms. The molecule has 2 aromatic heterocycles. The molecule has 0 aliphatic heterocycles. The fraction of sp³-hybridized carbons (Fsp3) is 0.375. The van der Waals surface area contributed by atoms with Gasteiger partial charge >= 0.3 is 0 Å². The van der Waals surface area contributed by atoms with E-state index in [4.69, 9.17) is 0 Å². The smallest absolute Gasteiger partial charge is 0.145 e. The minimum atomic E-state index is 0.852. The van der Waals surface area contributed by atoms with E-state index in [0.717, 1.165) is 23.7 Å². The van der Waals surface area contributed by atoms with Crippen LogP contribution in [0, 0.1) is 13.8 Å². The molecule has 0 saturated carbocycles. The van der Waals surface area contributed by atoms with Crippen LogP contribution in [0.4, 0.5) is 0 Å². The number of hydrogen-bond acceptors (Lipinski definition) is 2. The number of para-hydroxylation sites is 1. The Bertz CT molecular complexity index is 740. The van der Waals surface area contributed by atoms with Crippen LogP contribution in [0.2, 0.25) is 0 Å². The van der Waals surface area contributed by atoms with Crippen LogP contribution < -0.4 is 0 Å². The quantitative estimate of drug-likeness (QED) is 0.706. The lowest BCUT2D eigenvalue weighted by Gasteiger charge is -2.06. The molecule has 0 unspecified atom stereocenters. The van der Waals surface area contributed by atoms with Gasteiger partial charge in [-0.15, -0.1) is 0 Å². The van der Waals surface area contributed by atoms with E-state index in [1.165, 1.54) is 29.1 Å². The van der Waals surface area contributed by atoms with E-state index in [1.54, 1.807) is 0 Å². The van der Waals surface area contributed by atoms with Crippen LogP contribution in [0.5, 0.6) is 0 Å². The molecule has 0 spiro atoms. The summed E-state index contributed by atoms with van der Waals surface area (Å²) in [6.45, 7) is 7.29. The maximum atomic E-state index is 4.68. The average molecular weight is 253 g/mol. The van der Waals surface area contributed by atoms with Crippen LogP contribution in [0.3, 0.4) is 0 Å². The molecule has 3 aromatic rings. The molecular weight excluding hydrogens is 234 g/mol. The van der Waals surface area contributed by atoms with Crippen molar-refractivity contribution in [3.8, 4) is 0 Å². The van der Waals surface area contributed by atoms with Crippen molar-refractivity contribution >= 4 is 21.9 Å². The van der Waals surface area contributed by atoms with Crippen molar-refractivity contribution in [3.05, 3.63) is 35.8 Å². The van der Waals surface area contributed by atoms with E-state index in [0.29, 0.717) is 0 Å². The van der Waals surface area contributed by atoms with Crippen molar-refractivity contribution in [1.82, 2.24) is 14.5 Å². The van der Waals surface area contributed by atoms with Crippen molar-refractivity contribution in [2.24, 2.45) is 0 Å². The summed E-state index contributed by atoms with van der Waals surface area (Å²) >= 11 is 0. The van der Waals surface area contributed by atoms with E-state index >= 15 is 0 Å². The topological polar surface area (TPSA) is 30.7 Å². The zero-order valence-electron chi connectivity index (χ0n) is 11.8. The van der Waals surface area contributed by atoms with Crippen molar-refractivity contribution in [2.45, 2.75) is 40.2 Å². The largest absolute Gasteiger partial charge is 0.325 e. The highest BCUT2D eigenvalue weighted by Crippen LogP contribution is 2.29. The van der Waals surface area contributed by atoms with Gasteiger partial charge in [0.05, 0.1) is 11.2 Å². The number of rotatable bonds is 3. The van der Waals surface area contributed by atoms with Gasteiger partial charge in [-0.1, -0.05) is 31.5 Å². The second-order valence-electron chi connectivity index (χ2n) is 5.08. The molecular formula is C16H19N3. The van der Waals surface area contributed by atoms with Crippen LogP contribution in [-0.2, 0) is 6.54 Å². The van der Waals surface area contributed by atoms with Crippen molar-refractivity contribution in [1.29, 1.82) is 0 Å². The molecule has 0 aliphatic carbocycles. The number of aryl methyl sites for hydroxylation is 3. The van der Waals surface area contributed by atoms with Gasteiger partial charge in [-0.3, -0.25) is 0 Å². The van der Waals surface area contributed by atoms with Gasteiger partial charge in [-0.2, -0.15) is 0 Å². The van der Waals surface area contributed by atoms with Crippen LogP contribution in [-0.4, -0.2) is 14.5 Å². The monoisotopic (exact) mass is 253 g/mol. The summed E-state index contributed by atoms with van der Waals surface area (Å²) < 4.78 is 2.34. The zero-order chi connectivity index (χ0) is 13.4. The Morgan fingerprint density at radius 1 is 1.11 bits per heavy atom. The Morgan fingerprint density at radius 2 is 1.89 bits per heavy atom. The first kappa shape index (κ1) is 12.2. The SMILES string of the molecule is CCCCn1c2ccccc2c2c(C)nc(C)nc21. The van der Waals surface area contributed by atoms with E-state index in [9.17, 15) is 0 Å². The van der Waals surface area contributed by atoms with Gasteiger partial charge in [0.25, 0.3) is 0 Å². The Kier molecular flexibility index (Phi) is 2.97. The number of benzene rings is 1. The Labute approximate surface area is 113 Å². The predicted octanol–water partition coefficient (Wildman–Crippen LogP) is 4.00. The van der Waals surface area contributed by atoms with Gasteiger partial charge in [-0.25, -0.2) is 9.97 Å². The molecule has 0 saturated heterocycles. The predicted molar refractivity (Wildman–Crippen MR) is 79.4 cm³/mol. The highest BCUT2D eigenvalue weighted by Gasteiger charge is 2.14. The molecule has 1 aromatic carbocycles. The Hall–Kier alpha value is -1.90. The number of aromatic nitrogens is 3. The molecule has 0 radical (unpaired) electrons. The molecule has 0 amide bonds. The van der Waals surface area contributed by atoms with Gasteiger partial charge < -0.3 is 4.57 Å². The average Bonchev–Trinajstić information content (AvgIpc) is 2.70. The molecule has 19 heavy (non-hydrogen) atoms. The lowest BCUT2D eigenvalue weighted by molar-refractivity contribution is 0.660. The van der Waals surface area contributed by atoms with Crippen molar-refractivity contribution in [2.75, 3.05) is 0 Å². The number of unbranched alkanes of at least 4 members (excludes halogenated alkanes) is 1. The second-order valence-corrected chi connectivity index (χ2v) is 5.08. The lowest BCUT2D eigenvalue weighted by atomic mass is 10.2. The lowest BCUT2D eigenvalue weighted by Crippen LogP contribution is -2.01. The molecule has 0 N–H and O–H groups in total. The zero-order valence-corrected chi connectivity index (χ0v) is 11.8. The standard InChI is InChI=1S/C16H19N3/c1-4-5-10-19-14-9-7-6-8-13(14)15-11(2)17-12(3)18-16(15)19/h6-9H,4-5,10H2,1-3H3. The summed E-state index contributed by atoms with van der Waals surface area (Å²) in [6.07, 6.45) is 2.37. The fourth-order valence-electron chi connectivity index (χ4n) is 2.78. The number of fused-ring (bicyclic) bond motifs is 3. The third kappa shape index (κ3) is 1.89. The summed E-state index contributed by atoms with van der Waals surface area (Å²) in [5.41, 5.74) is 3.43. The maximum absolute atomic E-state index is 4.68. The number of hydrogen-bond donors (Lipinski definition) is 0. The fourth-order valence-corrected chi connectivity index (χ4v) is 2.78. The molecule has 3 rings (SSSR count). The van der Waals surface area contributed by atoms with E-state index in [2.05, 4.69) is 52.6 Å². The first-order chi connectivity index (χ1) is 9.22. The van der Waals surface area contributed by atoms with Crippen LogP contribution in [0.1, 0.15) is 31.3 Å². The normalized spacial score (nSPS) is 11.5. The van der Waals surface area contributed by atoms with Crippen molar-refractivity contribution < 1.29 is 0 Å². The van der Waals surface area contributed by atoms with E-state index in [1.807, 2.05) is 6.92 Å². The molecule has 3 nitrogen and oxygen atoms in total. The minimum absolute atomic E-state index is 0.852. The summed E-state index contributed by atoms with van der Waals surface area (Å²) in [7, 11) is 0.